The molecule has 180 valence electrons. The smallest absolute Gasteiger partial charge is 0.244 e. The van der Waals surface area contributed by atoms with Gasteiger partial charge in [-0.3, -0.25) is 9.59 Å². The molecule has 4 aromatic rings. The van der Waals surface area contributed by atoms with Crippen LogP contribution >= 0.6 is 0 Å². The second-order valence-corrected chi connectivity index (χ2v) is 11.2. The topological polar surface area (TPSA) is 85.2 Å². The van der Waals surface area contributed by atoms with Crippen molar-refractivity contribution >= 4 is 32.3 Å². The van der Waals surface area contributed by atoms with Crippen LogP contribution in [0.15, 0.2) is 93.6 Å². The van der Waals surface area contributed by atoms with E-state index in [0.717, 1.165) is 23.9 Å². The minimum Gasteiger partial charge on any atom is -0.336 e. The van der Waals surface area contributed by atoms with Crippen LogP contribution in [0.1, 0.15) is 26.3 Å². The summed E-state index contributed by atoms with van der Waals surface area (Å²) in [7, 11) is -4.24. The maximum absolute atomic E-state index is 14.0. The van der Waals surface area contributed by atoms with Crippen molar-refractivity contribution in [3.05, 3.63) is 101 Å². The van der Waals surface area contributed by atoms with Gasteiger partial charge in [0, 0.05) is 17.3 Å². The van der Waals surface area contributed by atoms with Crippen LogP contribution in [0.4, 0.5) is 10.1 Å². The van der Waals surface area contributed by atoms with E-state index in [1.807, 2.05) is 26.8 Å². The number of carbonyl (C=O) groups excluding carboxylic acids is 1. The molecular formula is C27H25FN2O4S. The van der Waals surface area contributed by atoms with Crippen LogP contribution in [0.5, 0.6) is 0 Å². The van der Waals surface area contributed by atoms with E-state index in [0.29, 0.717) is 5.69 Å². The van der Waals surface area contributed by atoms with Crippen LogP contribution in [-0.4, -0.2) is 18.9 Å². The molecule has 0 aliphatic rings. The Balaban J connectivity index is 1.81. The highest BCUT2D eigenvalue weighted by molar-refractivity contribution is 7.91. The van der Waals surface area contributed by atoms with Crippen LogP contribution in [0.2, 0.25) is 0 Å². The Morgan fingerprint density at radius 2 is 1.63 bits per heavy atom. The van der Waals surface area contributed by atoms with Crippen molar-refractivity contribution in [2.75, 3.05) is 5.32 Å². The van der Waals surface area contributed by atoms with Crippen LogP contribution in [0.25, 0.3) is 10.9 Å². The summed E-state index contributed by atoms with van der Waals surface area (Å²) in [6.07, 6.45) is 1.15. The highest BCUT2D eigenvalue weighted by Gasteiger charge is 2.25. The third-order valence-electron chi connectivity index (χ3n) is 5.70. The van der Waals surface area contributed by atoms with E-state index in [1.165, 1.54) is 22.8 Å². The average Bonchev–Trinajstić information content (AvgIpc) is 2.81. The lowest BCUT2D eigenvalue weighted by Crippen LogP contribution is -2.24. The van der Waals surface area contributed by atoms with Crippen molar-refractivity contribution in [2.45, 2.75) is 42.5 Å². The van der Waals surface area contributed by atoms with Gasteiger partial charge in [0.15, 0.2) is 0 Å². The standard InChI is InChI=1S/C27H25FN2O4S/c1-27(2,3)18-9-12-21(13-10-18)35(33,34)24-16-30(17-25(31)29-20-7-5-4-6-8-20)23-14-11-19(28)15-22(23)26(24)32/h4-16H,17H2,1-3H3,(H,29,31). The number of aromatic nitrogens is 1. The molecule has 8 heteroatoms. The molecule has 1 N–H and O–H groups in total. The molecule has 0 saturated carbocycles. The molecule has 0 radical (unpaired) electrons. The van der Waals surface area contributed by atoms with Crippen LogP contribution in [-0.2, 0) is 26.6 Å². The van der Waals surface area contributed by atoms with Gasteiger partial charge in [-0.1, -0.05) is 51.1 Å². The molecule has 35 heavy (non-hydrogen) atoms. The van der Waals surface area contributed by atoms with Crippen LogP contribution in [0.3, 0.4) is 0 Å². The van der Waals surface area contributed by atoms with E-state index in [-0.39, 0.29) is 27.8 Å². The molecule has 0 aliphatic heterocycles. The van der Waals surface area contributed by atoms with Crippen molar-refractivity contribution in [2.24, 2.45) is 0 Å². The first-order valence-electron chi connectivity index (χ1n) is 11.0. The summed E-state index contributed by atoms with van der Waals surface area (Å²) in [6, 6.07) is 18.6. The number of hydrogen-bond donors (Lipinski definition) is 1. The number of amides is 1. The van der Waals surface area contributed by atoms with Crippen molar-refractivity contribution in [3.63, 3.8) is 0 Å². The third-order valence-corrected chi connectivity index (χ3v) is 7.46. The van der Waals surface area contributed by atoms with Gasteiger partial charge in [0.1, 0.15) is 17.3 Å². The maximum Gasteiger partial charge on any atom is 0.244 e. The lowest BCUT2D eigenvalue weighted by atomic mass is 9.87. The molecule has 0 fully saturated rings. The molecule has 1 aromatic heterocycles. The number of nitrogens with one attached hydrogen (secondary N) is 1. The van der Waals surface area contributed by atoms with Gasteiger partial charge in [-0.15, -0.1) is 0 Å². The summed E-state index contributed by atoms with van der Waals surface area (Å²) in [5.74, 6) is -1.11. The maximum atomic E-state index is 14.0. The highest BCUT2D eigenvalue weighted by Crippen LogP contribution is 2.26. The summed E-state index contributed by atoms with van der Waals surface area (Å²) >= 11 is 0. The summed E-state index contributed by atoms with van der Waals surface area (Å²) in [5, 5.41) is 2.61. The number of anilines is 1. The zero-order chi connectivity index (χ0) is 25.4. The van der Waals surface area contributed by atoms with Gasteiger partial charge >= 0.3 is 0 Å². The minimum atomic E-state index is -4.24. The number of benzene rings is 3. The van der Waals surface area contributed by atoms with E-state index in [1.54, 1.807) is 36.4 Å². The summed E-state index contributed by atoms with van der Waals surface area (Å²) in [4.78, 5) is 25.3. The second kappa shape index (κ2) is 9.11. The van der Waals surface area contributed by atoms with E-state index >= 15 is 0 Å². The number of fused-ring (bicyclic) bond motifs is 1. The third kappa shape index (κ3) is 5.02. The number of rotatable bonds is 5. The van der Waals surface area contributed by atoms with Crippen molar-refractivity contribution in [1.82, 2.24) is 4.57 Å². The Morgan fingerprint density at radius 3 is 2.26 bits per heavy atom. The fraction of sp³-hybridized carbons (Fsp3) is 0.185. The lowest BCUT2D eigenvalue weighted by Gasteiger charge is -2.19. The van der Waals surface area contributed by atoms with Gasteiger partial charge in [-0.05, 0) is 53.4 Å². The molecule has 0 saturated heterocycles. The molecule has 0 atom stereocenters. The monoisotopic (exact) mass is 492 g/mol. The number of pyridine rings is 1. The minimum absolute atomic E-state index is 0.0568. The predicted octanol–water partition coefficient (Wildman–Crippen LogP) is 4.91. The molecule has 0 aliphatic carbocycles. The van der Waals surface area contributed by atoms with Crippen molar-refractivity contribution in [1.29, 1.82) is 0 Å². The Bertz CT molecular complexity index is 1570. The fourth-order valence-corrected chi connectivity index (χ4v) is 5.17. The molecule has 0 bridgehead atoms. The zero-order valence-electron chi connectivity index (χ0n) is 19.6. The molecule has 0 spiro atoms. The molecule has 6 nitrogen and oxygen atoms in total. The van der Waals surface area contributed by atoms with Gasteiger partial charge < -0.3 is 9.88 Å². The largest absolute Gasteiger partial charge is 0.336 e. The first-order valence-corrected chi connectivity index (χ1v) is 12.5. The number of carbonyl (C=O) groups is 1. The van der Waals surface area contributed by atoms with Gasteiger partial charge in [0.05, 0.1) is 10.4 Å². The summed E-state index contributed by atoms with van der Waals surface area (Å²) in [5.41, 5.74) is 0.759. The normalized spacial score (nSPS) is 12.0. The Morgan fingerprint density at radius 1 is 0.971 bits per heavy atom. The number of hydrogen-bond acceptors (Lipinski definition) is 4. The fourth-order valence-electron chi connectivity index (χ4n) is 3.80. The summed E-state index contributed by atoms with van der Waals surface area (Å²) in [6.45, 7) is 5.75. The average molecular weight is 493 g/mol. The van der Waals surface area contributed by atoms with Crippen molar-refractivity contribution < 1.29 is 17.6 Å². The molecule has 1 heterocycles. The predicted molar refractivity (Wildman–Crippen MR) is 134 cm³/mol. The Hall–Kier alpha value is -3.78. The van der Waals surface area contributed by atoms with Crippen LogP contribution < -0.4 is 10.7 Å². The number of halogens is 1. The highest BCUT2D eigenvalue weighted by atomic mass is 32.2. The summed E-state index contributed by atoms with van der Waals surface area (Å²) < 4.78 is 42.3. The van der Waals surface area contributed by atoms with Crippen molar-refractivity contribution in [3.8, 4) is 0 Å². The molecule has 3 aromatic carbocycles. The van der Waals surface area contributed by atoms with E-state index in [2.05, 4.69) is 5.32 Å². The second-order valence-electron chi connectivity index (χ2n) is 9.30. The van der Waals surface area contributed by atoms with Gasteiger partial charge in [-0.2, -0.15) is 0 Å². The Kier molecular flexibility index (Phi) is 6.34. The molecule has 4 rings (SSSR count). The molecule has 1 amide bonds. The first kappa shape index (κ1) is 24.3. The quantitative estimate of drug-likeness (QED) is 0.429. The van der Waals surface area contributed by atoms with Gasteiger partial charge in [-0.25, -0.2) is 12.8 Å². The number of nitrogens with zero attached hydrogens (tertiary/aromatic N) is 1. The first-order chi connectivity index (χ1) is 16.5. The SMILES string of the molecule is CC(C)(C)c1ccc(S(=O)(=O)c2cn(CC(=O)Nc3ccccc3)c3ccc(F)cc3c2=O)cc1. The van der Waals surface area contributed by atoms with E-state index in [9.17, 15) is 22.4 Å². The lowest BCUT2D eigenvalue weighted by molar-refractivity contribution is -0.116. The van der Waals surface area contributed by atoms with Gasteiger partial charge in [0.2, 0.25) is 21.2 Å². The van der Waals surface area contributed by atoms with E-state index < -0.39 is 31.9 Å². The Labute approximate surface area is 203 Å². The molecular weight excluding hydrogens is 467 g/mol. The number of para-hydroxylation sites is 1. The zero-order valence-corrected chi connectivity index (χ0v) is 20.4. The van der Waals surface area contributed by atoms with Gasteiger partial charge in [0.25, 0.3) is 0 Å². The number of sulfone groups is 1. The van der Waals surface area contributed by atoms with Crippen LogP contribution in [0, 0.1) is 5.82 Å². The van der Waals surface area contributed by atoms with E-state index in [4.69, 9.17) is 0 Å². The molecule has 0 unspecified atom stereocenters.